The quantitative estimate of drug-likeness (QED) is 0.730. The number of hydrogen-bond donors (Lipinski definition) is 2. The van der Waals surface area contributed by atoms with Crippen LogP contribution in [-0.2, 0) is 13.6 Å². The Morgan fingerprint density at radius 2 is 1.88 bits per heavy atom. The van der Waals surface area contributed by atoms with E-state index in [9.17, 15) is 14.7 Å². The number of benzene rings is 1. The maximum Gasteiger partial charge on any atom is 0.336 e. The Bertz CT molecular complexity index is 918. The second-order valence-corrected chi connectivity index (χ2v) is 5.26. The number of hydrogen-bond acceptors (Lipinski definition) is 5. The molecule has 0 aliphatic rings. The fourth-order valence-corrected chi connectivity index (χ4v) is 2.35. The van der Waals surface area contributed by atoms with E-state index >= 15 is 0 Å². The first-order valence-corrected chi connectivity index (χ1v) is 7.46. The largest absolute Gasteiger partial charge is 0.478 e. The van der Waals surface area contributed by atoms with Gasteiger partial charge in [0.25, 0.3) is 5.91 Å². The molecule has 2 aromatic heterocycles. The lowest BCUT2D eigenvalue weighted by Gasteiger charge is -2.07. The highest BCUT2D eigenvalue weighted by Crippen LogP contribution is 2.22. The average molecular weight is 337 g/mol. The van der Waals surface area contributed by atoms with Crippen molar-refractivity contribution < 1.29 is 14.7 Å². The van der Waals surface area contributed by atoms with Crippen LogP contribution in [0.1, 0.15) is 26.7 Å². The summed E-state index contributed by atoms with van der Waals surface area (Å²) in [4.78, 5) is 31.7. The summed E-state index contributed by atoms with van der Waals surface area (Å²) < 4.78 is 1.47. The number of carboxylic acids is 1. The minimum Gasteiger partial charge on any atom is -0.478 e. The molecule has 0 fully saturated rings. The smallest absolute Gasteiger partial charge is 0.336 e. The number of carbonyl (C=O) groups is 2. The molecule has 0 saturated heterocycles. The van der Waals surface area contributed by atoms with Crippen LogP contribution >= 0.6 is 0 Å². The highest BCUT2D eigenvalue weighted by Gasteiger charge is 2.12. The van der Waals surface area contributed by atoms with E-state index in [0.29, 0.717) is 22.6 Å². The summed E-state index contributed by atoms with van der Waals surface area (Å²) in [6, 6.07) is 8.26. The Kier molecular flexibility index (Phi) is 4.51. The number of nitrogens with one attached hydrogen (secondary N) is 1. The van der Waals surface area contributed by atoms with Gasteiger partial charge in [0.1, 0.15) is 11.5 Å². The molecule has 2 N–H and O–H groups in total. The molecule has 1 aromatic carbocycles. The minimum absolute atomic E-state index is 0.158. The van der Waals surface area contributed by atoms with Crippen molar-refractivity contribution in [3.63, 3.8) is 0 Å². The topological polar surface area (TPSA) is 110 Å². The number of nitrogens with zero attached hydrogens (tertiary/aromatic N) is 4. The van der Waals surface area contributed by atoms with Crippen LogP contribution < -0.4 is 5.32 Å². The molecule has 0 saturated carbocycles. The molecule has 0 unspecified atom stereocenters. The lowest BCUT2D eigenvalue weighted by Crippen LogP contribution is -2.26. The zero-order valence-electron chi connectivity index (χ0n) is 13.4. The van der Waals surface area contributed by atoms with Gasteiger partial charge in [-0.1, -0.05) is 18.2 Å². The van der Waals surface area contributed by atoms with Crippen LogP contribution in [0.5, 0.6) is 0 Å². The zero-order chi connectivity index (χ0) is 17.8. The Hall–Kier alpha value is -3.55. The molecular formula is C17H15N5O3. The molecule has 8 heteroatoms. The van der Waals surface area contributed by atoms with E-state index in [0.717, 1.165) is 0 Å². The number of carboxylic acid groups (broad SMARTS) is 1. The van der Waals surface area contributed by atoms with Gasteiger partial charge in [0.15, 0.2) is 0 Å². The Balaban J connectivity index is 1.72. The maximum absolute atomic E-state index is 12.0. The molecular weight excluding hydrogens is 322 g/mol. The zero-order valence-corrected chi connectivity index (χ0v) is 13.4. The van der Waals surface area contributed by atoms with E-state index in [1.165, 1.54) is 10.7 Å². The van der Waals surface area contributed by atoms with Gasteiger partial charge in [-0.3, -0.25) is 9.48 Å². The fraction of sp³-hybridized carbons (Fsp3) is 0.118. The van der Waals surface area contributed by atoms with E-state index in [1.807, 2.05) is 0 Å². The second kappa shape index (κ2) is 6.91. The van der Waals surface area contributed by atoms with Gasteiger partial charge in [-0.05, 0) is 17.7 Å². The van der Waals surface area contributed by atoms with Gasteiger partial charge in [-0.15, -0.1) is 0 Å². The molecule has 8 nitrogen and oxygen atoms in total. The molecule has 3 aromatic rings. The number of amides is 1. The van der Waals surface area contributed by atoms with Crippen molar-refractivity contribution in [2.45, 2.75) is 6.54 Å². The van der Waals surface area contributed by atoms with Crippen LogP contribution in [0.15, 0.2) is 48.9 Å². The number of aromatic carboxylic acids is 1. The molecule has 0 aliphatic carbocycles. The van der Waals surface area contributed by atoms with E-state index in [-0.39, 0.29) is 18.0 Å². The molecule has 0 spiro atoms. The molecule has 0 radical (unpaired) electrons. The predicted octanol–water partition coefficient (Wildman–Crippen LogP) is 1.51. The van der Waals surface area contributed by atoms with Crippen molar-refractivity contribution >= 4 is 11.9 Å². The first-order valence-electron chi connectivity index (χ1n) is 7.46. The third-order valence-corrected chi connectivity index (χ3v) is 3.63. The van der Waals surface area contributed by atoms with Gasteiger partial charge in [0, 0.05) is 31.2 Å². The lowest BCUT2D eigenvalue weighted by atomic mass is 10.0. The maximum atomic E-state index is 12.0. The molecule has 3 rings (SSSR count). The number of aryl methyl sites for hydroxylation is 1. The standard InChI is InChI=1S/C17H15N5O3/c1-22-14(6-7-21-22)16(23)20-10-15-18-8-11(9-19-15)12-4-2-3-5-13(12)17(24)25/h2-9H,10H2,1H3,(H,20,23)(H,24,25). The van der Waals surface area contributed by atoms with Crippen molar-refractivity contribution in [2.75, 3.05) is 0 Å². The fourth-order valence-electron chi connectivity index (χ4n) is 2.35. The monoisotopic (exact) mass is 337 g/mol. The molecule has 2 heterocycles. The second-order valence-electron chi connectivity index (χ2n) is 5.26. The SMILES string of the molecule is Cn1nccc1C(=O)NCc1ncc(-c2ccccc2C(=O)O)cn1. The number of aromatic nitrogens is 4. The molecule has 25 heavy (non-hydrogen) atoms. The summed E-state index contributed by atoms with van der Waals surface area (Å²) in [5.41, 5.74) is 1.76. The Morgan fingerprint density at radius 1 is 1.16 bits per heavy atom. The van der Waals surface area contributed by atoms with Crippen molar-refractivity contribution in [3.8, 4) is 11.1 Å². The number of rotatable bonds is 5. The highest BCUT2D eigenvalue weighted by molar-refractivity contribution is 5.95. The van der Waals surface area contributed by atoms with Crippen molar-refractivity contribution in [1.29, 1.82) is 0 Å². The molecule has 0 bridgehead atoms. The molecule has 0 aliphatic heterocycles. The molecule has 0 atom stereocenters. The average Bonchev–Trinajstić information content (AvgIpc) is 3.06. The van der Waals surface area contributed by atoms with Crippen LogP contribution in [0.4, 0.5) is 0 Å². The van der Waals surface area contributed by atoms with Gasteiger partial charge in [0.05, 0.1) is 12.1 Å². The van der Waals surface area contributed by atoms with Crippen LogP contribution in [-0.4, -0.2) is 36.7 Å². The van der Waals surface area contributed by atoms with Crippen LogP contribution in [0.25, 0.3) is 11.1 Å². The summed E-state index contributed by atoms with van der Waals surface area (Å²) in [5.74, 6) is -0.862. The van der Waals surface area contributed by atoms with Crippen molar-refractivity contribution in [1.82, 2.24) is 25.1 Å². The summed E-state index contributed by atoms with van der Waals surface area (Å²) in [7, 11) is 1.68. The summed E-state index contributed by atoms with van der Waals surface area (Å²) in [6.45, 7) is 0.158. The highest BCUT2D eigenvalue weighted by atomic mass is 16.4. The van der Waals surface area contributed by atoms with Crippen molar-refractivity contribution in [2.24, 2.45) is 7.05 Å². The van der Waals surface area contributed by atoms with Gasteiger partial charge in [-0.2, -0.15) is 5.10 Å². The van der Waals surface area contributed by atoms with Gasteiger partial charge < -0.3 is 10.4 Å². The molecule has 1 amide bonds. The van der Waals surface area contributed by atoms with Crippen LogP contribution in [0, 0.1) is 0 Å². The Morgan fingerprint density at radius 3 is 2.52 bits per heavy atom. The van der Waals surface area contributed by atoms with Gasteiger partial charge in [0.2, 0.25) is 0 Å². The van der Waals surface area contributed by atoms with E-state index in [1.54, 1.807) is 49.9 Å². The van der Waals surface area contributed by atoms with Crippen molar-refractivity contribution in [3.05, 3.63) is 66.0 Å². The predicted molar refractivity (Wildman–Crippen MR) is 88.8 cm³/mol. The van der Waals surface area contributed by atoms with Crippen LogP contribution in [0.3, 0.4) is 0 Å². The van der Waals surface area contributed by atoms with E-state index in [4.69, 9.17) is 0 Å². The summed E-state index contributed by atoms with van der Waals surface area (Å²) >= 11 is 0. The summed E-state index contributed by atoms with van der Waals surface area (Å²) in [6.07, 6.45) is 4.63. The first kappa shape index (κ1) is 16.3. The van der Waals surface area contributed by atoms with E-state index in [2.05, 4.69) is 20.4 Å². The normalized spacial score (nSPS) is 10.4. The van der Waals surface area contributed by atoms with Crippen LogP contribution in [0.2, 0.25) is 0 Å². The third kappa shape index (κ3) is 3.52. The lowest BCUT2D eigenvalue weighted by molar-refractivity contribution is 0.0697. The third-order valence-electron chi connectivity index (χ3n) is 3.63. The first-order chi connectivity index (χ1) is 12.1. The Labute approximate surface area is 143 Å². The summed E-state index contributed by atoms with van der Waals surface area (Å²) in [5, 5.41) is 15.9. The minimum atomic E-state index is -1.01. The molecule has 126 valence electrons. The number of carbonyl (C=O) groups excluding carboxylic acids is 1. The van der Waals surface area contributed by atoms with E-state index < -0.39 is 5.97 Å². The van der Waals surface area contributed by atoms with Gasteiger partial charge >= 0.3 is 5.97 Å². The van der Waals surface area contributed by atoms with Gasteiger partial charge in [-0.25, -0.2) is 14.8 Å².